The van der Waals surface area contributed by atoms with E-state index in [1.807, 2.05) is 6.08 Å². The summed E-state index contributed by atoms with van der Waals surface area (Å²) >= 11 is 0. The molecule has 14 heavy (non-hydrogen) atoms. The summed E-state index contributed by atoms with van der Waals surface area (Å²) in [6, 6.07) is 0. The van der Waals surface area contributed by atoms with Gasteiger partial charge < -0.3 is 5.11 Å². The first kappa shape index (κ1) is 13.7. The van der Waals surface area contributed by atoms with Gasteiger partial charge in [0.25, 0.3) is 0 Å². The average molecular weight is 198 g/mol. The van der Waals surface area contributed by atoms with Gasteiger partial charge in [-0.2, -0.15) is 0 Å². The predicted octanol–water partition coefficient (Wildman–Crippen LogP) is 3.78. The molecule has 1 unspecified atom stereocenters. The van der Waals surface area contributed by atoms with E-state index in [1.165, 1.54) is 12.8 Å². The van der Waals surface area contributed by atoms with Crippen molar-refractivity contribution in [2.45, 2.75) is 60.0 Å². The molecule has 0 saturated carbocycles. The monoisotopic (exact) mass is 198 g/mol. The second-order valence-electron chi connectivity index (χ2n) is 5.17. The Morgan fingerprint density at radius 2 is 1.79 bits per heavy atom. The molecule has 0 radical (unpaired) electrons. The van der Waals surface area contributed by atoms with Gasteiger partial charge in [0.1, 0.15) is 0 Å². The van der Waals surface area contributed by atoms with Crippen LogP contribution in [0, 0.1) is 11.3 Å². The molecule has 0 aliphatic carbocycles. The van der Waals surface area contributed by atoms with Crippen molar-refractivity contribution < 1.29 is 5.11 Å². The Hall–Kier alpha value is -0.300. The van der Waals surface area contributed by atoms with Crippen molar-refractivity contribution in [3.63, 3.8) is 0 Å². The molecule has 0 heterocycles. The molecular formula is C13H26O. The lowest BCUT2D eigenvalue weighted by Gasteiger charge is -2.28. The Morgan fingerprint density at radius 3 is 2.21 bits per heavy atom. The zero-order valence-corrected chi connectivity index (χ0v) is 10.4. The van der Waals surface area contributed by atoms with Gasteiger partial charge in [-0.05, 0) is 17.8 Å². The smallest absolute Gasteiger partial charge is 0.0771 e. The maximum absolute atomic E-state index is 9.97. The van der Waals surface area contributed by atoms with Crippen LogP contribution >= 0.6 is 0 Å². The van der Waals surface area contributed by atoms with Gasteiger partial charge in [0.2, 0.25) is 0 Å². The number of unbranched alkanes of at least 4 members (excludes halogenated alkanes) is 1. The van der Waals surface area contributed by atoms with E-state index >= 15 is 0 Å². The minimum absolute atomic E-state index is 0.0153. The zero-order valence-electron chi connectivity index (χ0n) is 10.4. The maximum atomic E-state index is 9.97. The fourth-order valence-electron chi connectivity index (χ4n) is 1.37. The van der Waals surface area contributed by atoms with E-state index in [9.17, 15) is 5.11 Å². The lowest BCUT2D eigenvalue weighted by atomic mass is 9.81. The fraction of sp³-hybridized carbons (Fsp3) is 0.846. The van der Waals surface area contributed by atoms with Crippen molar-refractivity contribution in [2.24, 2.45) is 11.3 Å². The van der Waals surface area contributed by atoms with Gasteiger partial charge in [0.05, 0.1) is 6.10 Å². The summed E-state index contributed by atoms with van der Waals surface area (Å²) in [6.07, 6.45) is 7.20. The molecule has 1 atom stereocenters. The van der Waals surface area contributed by atoms with Crippen molar-refractivity contribution in [3.8, 4) is 0 Å². The molecular weight excluding hydrogens is 172 g/mol. The Balaban J connectivity index is 4.12. The summed E-state index contributed by atoms with van der Waals surface area (Å²) in [5.41, 5.74) is 0.0153. The van der Waals surface area contributed by atoms with Gasteiger partial charge in [0.15, 0.2) is 0 Å². The largest absolute Gasteiger partial charge is 0.388 e. The molecule has 0 spiro atoms. The first-order valence-electron chi connectivity index (χ1n) is 5.76. The third-order valence-electron chi connectivity index (χ3n) is 2.65. The molecule has 0 saturated heterocycles. The zero-order chi connectivity index (χ0) is 11.2. The van der Waals surface area contributed by atoms with Crippen molar-refractivity contribution in [3.05, 3.63) is 12.2 Å². The lowest BCUT2D eigenvalue weighted by molar-refractivity contribution is 0.0812. The molecule has 0 rings (SSSR count). The number of hydrogen-bond acceptors (Lipinski definition) is 1. The molecule has 84 valence electrons. The van der Waals surface area contributed by atoms with Crippen LogP contribution in [0.4, 0.5) is 0 Å². The molecule has 0 aliphatic heterocycles. The van der Waals surface area contributed by atoms with E-state index in [4.69, 9.17) is 0 Å². The SMILES string of the molecule is CCCCC(C)(C)C(O)C=CC(C)C. The van der Waals surface area contributed by atoms with Crippen LogP contribution < -0.4 is 0 Å². The molecule has 1 N–H and O–H groups in total. The van der Waals surface area contributed by atoms with E-state index < -0.39 is 0 Å². The standard InChI is InChI=1S/C13H26O/c1-6-7-10-13(4,5)12(14)9-8-11(2)3/h8-9,11-12,14H,6-7,10H2,1-5H3. The summed E-state index contributed by atoms with van der Waals surface area (Å²) in [7, 11) is 0. The molecule has 0 amide bonds. The van der Waals surface area contributed by atoms with E-state index in [1.54, 1.807) is 0 Å². The van der Waals surface area contributed by atoms with Gasteiger partial charge in [-0.3, -0.25) is 0 Å². The Labute approximate surface area is 89.2 Å². The molecule has 0 bridgehead atoms. The highest BCUT2D eigenvalue weighted by atomic mass is 16.3. The highest BCUT2D eigenvalue weighted by Gasteiger charge is 2.24. The number of aliphatic hydroxyl groups is 1. The molecule has 0 aliphatic rings. The van der Waals surface area contributed by atoms with E-state index in [0.29, 0.717) is 5.92 Å². The van der Waals surface area contributed by atoms with Crippen molar-refractivity contribution in [1.29, 1.82) is 0 Å². The van der Waals surface area contributed by atoms with E-state index in [2.05, 4.69) is 40.7 Å². The normalized spacial score (nSPS) is 15.4. The van der Waals surface area contributed by atoms with E-state index in [-0.39, 0.29) is 11.5 Å². The van der Waals surface area contributed by atoms with Gasteiger partial charge in [-0.1, -0.05) is 59.6 Å². The van der Waals surface area contributed by atoms with Crippen molar-refractivity contribution in [1.82, 2.24) is 0 Å². The van der Waals surface area contributed by atoms with Gasteiger partial charge in [0, 0.05) is 0 Å². The van der Waals surface area contributed by atoms with Crippen LogP contribution in [0.1, 0.15) is 53.9 Å². The minimum atomic E-state index is -0.309. The summed E-state index contributed by atoms with van der Waals surface area (Å²) in [5.74, 6) is 0.520. The van der Waals surface area contributed by atoms with Gasteiger partial charge in [-0.25, -0.2) is 0 Å². The maximum Gasteiger partial charge on any atom is 0.0771 e. The first-order chi connectivity index (χ1) is 6.40. The van der Waals surface area contributed by atoms with Crippen molar-refractivity contribution in [2.75, 3.05) is 0 Å². The molecule has 1 nitrogen and oxygen atoms in total. The highest BCUT2D eigenvalue weighted by Crippen LogP contribution is 2.28. The Morgan fingerprint density at radius 1 is 1.21 bits per heavy atom. The second-order valence-corrected chi connectivity index (χ2v) is 5.17. The summed E-state index contributed by atoms with van der Waals surface area (Å²) in [5, 5.41) is 9.97. The van der Waals surface area contributed by atoms with Gasteiger partial charge >= 0.3 is 0 Å². The van der Waals surface area contributed by atoms with Gasteiger partial charge in [-0.15, -0.1) is 0 Å². The number of allylic oxidation sites excluding steroid dienone is 1. The predicted molar refractivity (Wildman–Crippen MR) is 63.3 cm³/mol. The Kier molecular flexibility index (Phi) is 6.10. The minimum Gasteiger partial charge on any atom is -0.388 e. The third-order valence-corrected chi connectivity index (χ3v) is 2.65. The summed E-state index contributed by atoms with van der Waals surface area (Å²) < 4.78 is 0. The lowest BCUT2D eigenvalue weighted by Crippen LogP contribution is -2.27. The quantitative estimate of drug-likeness (QED) is 0.644. The summed E-state index contributed by atoms with van der Waals surface area (Å²) in [6.45, 7) is 10.7. The second kappa shape index (κ2) is 6.23. The molecule has 1 heteroatoms. The summed E-state index contributed by atoms with van der Waals surface area (Å²) in [4.78, 5) is 0. The van der Waals surface area contributed by atoms with Crippen molar-refractivity contribution >= 4 is 0 Å². The molecule has 0 aromatic rings. The van der Waals surface area contributed by atoms with Crippen LogP contribution in [0.5, 0.6) is 0 Å². The van der Waals surface area contributed by atoms with Crippen LogP contribution in [0.2, 0.25) is 0 Å². The topological polar surface area (TPSA) is 20.2 Å². The fourth-order valence-corrected chi connectivity index (χ4v) is 1.37. The number of aliphatic hydroxyl groups excluding tert-OH is 1. The average Bonchev–Trinajstić information content (AvgIpc) is 2.10. The third kappa shape index (κ3) is 5.43. The molecule has 0 aromatic heterocycles. The molecule has 0 fully saturated rings. The number of hydrogen-bond donors (Lipinski definition) is 1. The van der Waals surface area contributed by atoms with E-state index in [0.717, 1.165) is 6.42 Å². The van der Waals surface area contributed by atoms with Crippen LogP contribution in [0.15, 0.2) is 12.2 Å². The van der Waals surface area contributed by atoms with Crippen LogP contribution in [0.25, 0.3) is 0 Å². The first-order valence-corrected chi connectivity index (χ1v) is 5.76. The Bertz CT molecular complexity index is 168. The highest BCUT2D eigenvalue weighted by molar-refractivity contribution is 4.97. The van der Waals surface area contributed by atoms with Crippen LogP contribution in [-0.2, 0) is 0 Å². The molecule has 0 aromatic carbocycles. The number of rotatable bonds is 6. The van der Waals surface area contributed by atoms with Crippen LogP contribution in [0.3, 0.4) is 0 Å². The van der Waals surface area contributed by atoms with Crippen LogP contribution in [-0.4, -0.2) is 11.2 Å².